The molecule has 158 valence electrons. The van der Waals surface area contributed by atoms with Crippen LogP contribution in [0.1, 0.15) is 29.8 Å². The van der Waals surface area contributed by atoms with Crippen LogP contribution >= 0.6 is 0 Å². The molecule has 2 aromatic carbocycles. The van der Waals surface area contributed by atoms with Gasteiger partial charge in [0.05, 0.1) is 11.4 Å². The number of rotatable bonds is 4. The number of anilines is 1. The highest BCUT2D eigenvalue weighted by Gasteiger charge is 2.26. The highest BCUT2D eigenvalue weighted by Crippen LogP contribution is 2.34. The van der Waals surface area contributed by atoms with Gasteiger partial charge in [0.1, 0.15) is 29.5 Å². The molecular weight excluding hydrogens is 402 g/mol. The van der Waals surface area contributed by atoms with Crippen LogP contribution in [0.15, 0.2) is 48.8 Å². The van der Waals surface area contributed by atoms with Crippen molar-refractivity contribution in [2.75, 3.05) is 18.8 Å². The number of aromatic nitrogens is 4. The Bertz CT molecular complexity index is 1320. The fourth-order valence-electron chi connectivity index (χ4n) is 3.93. The molecule has 5 rings (SSSR count). The van der Waals surface area contributed by atoms with E-state index >= 15 is 4.39 Å². The number of nitrogens with zero attached hydrogens (tertiary/aromatic N) is 4. The van der Waals surface area contributed by atoms with Gasteiger partial charge >= 0.3 is 0 Å². The van der Waals surface area contributed by atoms with Crippen LogP contribution in [0, 0.1) is 11.6 Å². The number of carbonyl (C=O) groups excluding carboxylic acids is 1. The van der Waals surface area contributed by atoms with E-state index in [1.54, 1.807) is 4.68 Å². The third-order valence-electron chi connectivity index (χ3n) is 5.47. The number of ketones is 1. The van der Waals surface area contributed by atoms with E-state index in [0.717, 1.165) is 31.6 Å². The first kappa shape index (κ1) is 19.3. The number of fused-ring (bicyclic) bond motifs is 1. The van der Waals surface area contributed by atoms with Gasteiger partial charge < -0.3 is 11.1 Å². The predicted octanol–water partition coefficient (Wildman–Crippen LogP) is 3.37. The van der Waals surface area contributed by atoms with Crippen molar-refractivity contribution in [3.05, 3.63) is 71.6 Å². The summed E-state index contributed by atoms with van der Waals surface area (Å²) in [7, 11) is 0. The van der Waals surface area contributed by atoms with E-state index in [1.165, 1.54) is 36.7 Å². The second kappa shape index (κ2) is 7.51. The number of nitrogens with one attached hydrogen (secondary N) is 1. The topological polar surface area (TPSA) is 98.7 Å². The van der Waals surface area contributed by atoms with Crippen LogP contribution in [0.5, 0.6) is 0 Å². The van der Waals surface area contributed by atoms with Crippen LogP contribution in [0.3, 0.4) is 0 Å². The summed E-state index contributed by atoms with van der Waals surface area (Å²) < 4.78 is 30.4. The fourth-order valence-corrected chi connectivity index (χ4v) is 3.93. The molecule has 0 saturated carbocycles. The monoisotopic (exact) mass is 422 g/mol. The summed E-state index contributed by atoms with van der Waals surface area (Å²) in [6.07, 6.45) is 2.23. The Labute approximate surface area is 177 Å². The molecule has 0 aliphatic carbocycles. The average Bonchev–Trinajstić information content (AvgIpc) is 3.42. The highest BCUT2D eigenvalue weighted by atomic mass is 19.1. The number of benzene rings is 2. The van der Waals surface area contributed by atoms with Gasteiger partial charge in [-0.05, 0) is 37.2 Å². The molecule has 3 heterocycles. The molecule has 3 N–H and O–H groups in total. The van der Waals surface area contributed by atoms with Gasteiger partial charge in [0, 0.05) is 24.7 Å². The van der Waals surface area contributed by atoms with Gasteiger partial charge in [-0.2, -0.15) is 5.10 Å². The van der Waals surface area contributed by atoms with Crippen LogP contribution in [0.25, 0.3) is 22.3 Å². The zero-order valence-electron chi connectivity index (χ0n) is 16.3. The Hall–Kier alpha value is -3.72. The summed E-state index contributed by atoms with van der Waals surface area (Å²) in [6.45, 7) is 1.58. The number of hydrogen-bond donors (Lipinski definition) is 2. The first-order chi connectivity index (χ1) is 15.0. The fraction of sp³-hybridized carbons (Fsp3) is 0.182. The smallest absolute Gasteiger partial charge is 0.193 e. The average molecular weight is 422 g/mol. The molecule has 1 aliphatic rings. The summed E-state index contributed by atoms with van der Waals surface area (Å²) in [5.41, 5.74) is 7.40. The minimum absolute atomic E-state index is 0. The van der Waals surface area contributed by atoms with Crippen molar-refractivity contribution in [1.29, 1.82) is 0 Å². The van der Waals surface area contributed by atoms with Crippen LogP contribution < -0.4 is 11.1 Å². The molecule has 0 radical (unpaired) electrons. The Morgan fingerprint density at radius 3 is 2.74 bits per heavy atom. The maximum absolute atomic E-state index is 15.2. The second-order valence-electron chi connectivity index (χ2n) is 7.43. The van der Waals surface area contributed by atoms with E-state index in [2.05, 4.69) is 20.4 Å². The lowest BCUT2D eigenvalue weighted by molar-refractivity contribution is 0.103. The standard InChI is InChI=1S/C22H18F2N6O.H2/c23-14-3-1-2-12(8-14)20(31)13-4-5-16(17(24)9-13)19-18-21(25)27-11-28-22(18)30(29-19)15-6-7-26-10-15;/h1-5,8-9,11,15,26H,6-7,10H2,(H2,25,27,28);1H/t15-;/m1./s1. The molecule has 0 unspecified atom stereocenters. The maximum Gasteiger partial charge on any atom is 0.193 e. The van der Waals surface area contributed by atoms with Crippen molar-refractivity contribution < 1.29 is 15.0 Å². The maximum atomic E-state index is 15.2. The minimum Gasteiger partial charge on any atom is -0.383 e. The molecule has 0 spiro atoms. The van der Waals surface area contributed by atoms with E-state index in [-0.39, 0.29) is 30.0 Å². The van der Waals surface area contributed by atoms with Crippen molar-refractivity contribution in [3.63, 3.8) is 0 Å². The second-order valence-corrected chi connectivity index (χ2v) is 7.43. The zero-order chi connectivity index (χ0) is 21.5. The zero-order valence-corrected chi connectivity index (χ0v) is 16.3. The third kappa shape index (κ3) is 3.32. The normalized spacial score (nSPS) is 16.1. The number of carbonyl (C=O) groups is 1. The largest absolute Gasteiger partial charge is 0.383 e. The van der Waals surface area contributed by atoms with Gasteiger partial charge in [0.2, 0.25) is 0 Å². The van der Waals surface area contributed by atoms with Crippen LogP contribution in [0.4, 0.5) is 14.6 Å². The van der Waals surface area contributed by atoms with Gasteiger partial charge in [-0.1, -0.05) is 18.2 Å². The van der Waals surface area contributed by atoms with E-state index < -0.39 is 17.4 Å². The Morgan fingerprint density at radius 1 is 1.16 bits per heavy atom. The summed E-state index contributed by atoms with van der Waals surface area (Å²) >= 11 is 0. The van der Waals surface area contributed by atoms with Crippen molar-refractivity contribution in [2.24, 2.45) is 0 Å². The molecule has 31 heavy (non-hydrogen) atoms. The molecule has 7 nitrogen and oxygen atoms in total. The van der Waals surface area contributed by atoms with Gasteiger partial charge in [-0.3, -0.25) is 4.79 Å². The number of nitrogens with two attached hydrogens (primary N) is 1. The first-order valence-corrected chi connectivity index (χ1v) is 9.82. The van der Waals surface area contributed by atoms with Crippen molar-refractivity contribution in [1.82, 2.24) is 25.1 Å². The molecule has 1 fully saturated rings. The lowest BCUT2D eigenvalue weighted by Gasteiger charge is -2.09. The van der Waals surface area contributed by atoms with Gasteiger partial charge in [0.15, 0.2) is 11.4 Å². The van der Waals surface area contributed by atoms with Crippen LogP contribution in [0.2, 0.25) is 0 Å². The summed E-state index contributed by atoms with van der Waals surface area (Å²) in [5.74, 6) is -1.44. The Morgan fingerprint density at radius 2 is 2.00 bits per heavy atom. The third-order valence-corrected chi connectivity index (χ3v) is 5.47. The van der Waals surface area contributed by atoms with Gasteiger partial charge in [-0.15, -0.1) is 0 Å². The summed E-state index contributed by atoms with van der Waals surface area (Å²) in [5, 5.41) is 8.37. The molecule has 0 bridgehead atoms. The van der Waals surface area contributed by atoms with Crippen LogP contribution in [-0.2, 0) is 0 Å². The lowest BCUT2D eigenvalue weighted by atomic mass is 10.00. The van der Waals surface area contributed by atoms with Gasteiger partial charge in [-0.25, -0.2) is 23.4 Å². The molecule has 2 aromatic heterocycles. The van der Waals surface area contributed by atoms with E-state index in [0.29, 0.717) is 16.7 Å². The SMILES string of the molecule is Nc1ncnc2c1c(-c1ccc(C(=O)c3cccc(F)c3)cc1F)nn2[C@@H]1CCNC1.[HH]. The molecule has 1 atom stereocenters. The first-order valence-electron chi connectivity index (χ1n) is 9.82. The van der Waals surface area contributed by atoms with Crippen LogP contribution in [-0.4, -0.2) is 38.6 Å². The number of hydrogen-bond acceptors (Lipinski definition) is 6. The number of halogens is 2. The number of nitrogen functional groups attached to an aromatic ring is 1. The van der Waals surface area contributed by atoms with E-state index in [1.807, 2.05) is 0 Å². The van der Waals surface area contributed by atoms with Crippen molar-refractivity contribution in [3.8, 4) is 11.3 Å². The molecule has 4 aromatic rings. The molecular formula is C22H20F2N6O. The van der Waals surface area contributed by atoms with E-state index in [4.69, 9.17) is 5.73 Å². The Kier molecular flexibility index (Phi) is 4.67. The molecule has 0 amide bonds. The van der Waals surface area contributed by atoms with Gasteiger partial charge in [0.25, 0.3) is 0 Å². The minimum atomic E-state index is -0.637. The highest BCUT2D eigenvalue weighted by molar-refractivity contribution is 6.09. The predicted molar refractivity (Wildman–Crippen MR) is 114 cm³/mol. The molecule has 1 saturated heterocycles. The molecule has 1 aliphatic heterocycles. The van der Waals surface area contributed by atoms with Crippen molar-refractivity contribution >= 4 is 22.6 Å². The lowest BCUT2D eigenvalue weighted by Crippen LogP contribution is -2.15. The quantitative estimate of drug-likeness (QED) is 0.490. The summed E-state index contributed by atoms with van der Waals surface area (Å²) in [6, 6.07) is 9.46. The van der Waals surface area contributed by atoms with Crippen molar-refractivity contribution in [2.45, 2.75) is 12.5 Å². The summed E-state index contributed by atoms with van der Waals surface area (Å²) in [4.78, 5) is 21.0. The van der Waals surface area contributed by atoms with E-state index in [9.17, 15) is 9.18 Å². The molecule has 9 heteroatoms. The Balaban J connectivity index is 0.00000245.